The standard InChI is InChI=1S/C15H16N6O/c1-20-10-18-14-12(20)8-17-15(19-14)21-6-7-22-13(9-21)11-4-2-3-5-16-11/h2-5,8,10,13H,6-7,9H2,1H3. The molecule has 1 atom stereocenters. The number of fused-ring (bicyclic) bond motifs is 1. The van der Waals surface area contributed by atoms with E-state index in [0.717, 1.165) is 17.8 Å². The van der Waals surface area contributed by atoms with Crippen LogP contribution in [0.15, 0.2) is 36.9 Å². The van der Waals surface area contributed by atoms with Crippen molar-refractivity contribution in [1.82, 2.24) is 24.5 Å². The zero-order valence-corrected chi connectivity index (χ0v) is 12.3. The second-order valence-corrected chi connectivity index (χ2v) is 5.29. The lowest BCUT2D eigenvalue weighted by atomic mass is 10.2. The molecule has 0 aromatic carbocycles. The number of morpholine rings is 1. The maximum absolute atomic E-state index is 5.83. The normalized spacial score (nSPS) is 18.8. The van der Waals surface area contributed by atoms with Gasteiger partial charge in [-0.15, -0.1) is 0 Å². The van der Waals surface area contributed by atoms with Gasteiger partial charge in [0.1, 0.15) is 11.6 Å². The summed E-state index contributed by atoms with van der Waals surface area (Å²) in [5, 5.41) is 0. The van der Waals surface area contributed by atoms with Gasteiger partial charge in [0.15, 0.2) is 5.65 Å². The van der Waals surface area contributed by atoms with Gasteiger partial charge in [-0.05, 0) is 12.1 Å². The summed E-state index contributed by atoms with van der Waals surface area (Å²) in [4.78, 5) is 19.8. The number of hydrogen-bond donors (Lipinski definition) is 0. The van der Waals surface area contributed by atoms with Crippen molar-refractivity contribution in [3.8, 4) is 0 Å². The molecule has 0 saturated carbocycles. The molecular formula is C15H16N6O. The molecule has 1 fully saturated rings. The van der Waals surface area contributed by atoms with E-state index in [1.807, 2.05) is 36.0 Å². The van der Waals surface area contributed by atoms with Gasteiger partial charge in [0.25, 0.3) is 0 Å². The number of aryl methyl sites for hydroxylation is 1. The summed E-state index contributed by atoms with van der Waals surface area (Å²) < 4.78 is 7.74. The Balaban J connectivity index is 1.61. The van der Waals surface area contributed by atoms with Crippen LogP contribution in [0.2, 0.25) is 0 Å². The average Bonchev–Trinajstić information content (AvgIpc) is 2.96. The maximum Gasteiger partial charge on any atom is 0.227 e. The molecule has 1 aliphatic rings. The molecule has 7 nitrogen and oxygen atoms in total. The summed E-state index contributed by atoms with van der Waals surface area (Å²) >= 11 is 0. The molecule has 1 saturated heterocycles. The zero-order valence-electron chi connectivity index (χ0n) is 12.3. The van der Waals surface area contributed by atoms with Crippen LogP contribution in [0.5, 0.6) is 0 Å². The van der Waals surface area contributed by atoms with E-state index in [1.165, 1.54) is 0 Å². The lowest BCUT2D eigenvalue weighted by Gasteiger charge is -2.32. The lowest BCUT2D eigenvalue weighted by molar-refractivity contribution is 0.0365. The first-order valence-electron chi connectivity index (χ1n) is 7.23. The highest BCUT2D eigenvalue weighted by atomic mass is 16.5. The molecule has 1 unspecified atom stereocenters. The number of rotatable bonds is 2. The number of hydrogen-bond acceptors (Lipinski definition) is 6. The molecule has 4 heterocycles. The Morgan fingerprint density at radius 3 is 3.05 bits per heavy atom. The van der Waals surface area contributed by atoms with E-state index in [-0.39, 0.29) is 6.10 Å². The molecule has 7 heteroatoms. The minimum atomic E-state index is -0.0574. The second kappa shape index (κ2) is 5.34. The van der Waals surface area contributed by atoms with Crippen molar-refractivity contribution in [1.29, 1.82) is 0 Å². The smallest absolute Gasteiger partial charge is 0.227 e. The predicted molar refractivity (Wildman–Crippen MR) is 81.4 cm³/mol. The molecule has 3 aromatic heterocycles. The van der Waals surface area contributed by atoms with E-state index >= 15 is 0 Å². The van der Waals surface area contributed by atoms with E-state index in [0.29, 0.717) is 24.7 Å². The molecule has 0 N–H and O–H groups in total. The third kappa shape index (κ3) is 2.29. The quantitative estimate of drug-likeness (QED) is 0.711. The van der Waals surface area contributed by atoms with Gasteiger partial charge in [-0.1, -0.05) is 6.07 Å². The van der Waals surface area contributed by atoms with Crippen molar-refractivity contribution >= 4 is 17.1 Å². The number of anilines is 1. The van der Waals surface area contributed by atoms with Gasteiger partial charge < -0.3 is 14.2 Å². The summed E-state index contributed by atoms with van der Waals surface area (Å²) in [5.74, 6) is 0.690. The van der Waals surface area contributed by atoms with Crippen LogP contribution in [0, 0.1) is 0 Å². The minimum absolute atomic E-state index is 0.0574. The van der Waals surface area contributed by atoms with Crippen LogP contribution in [-0.4, -0.2) is 44.2 Å². The number of imidazole rings is 1. The van der Waals surface area contributed by atoms with Crippen LogP contribution in [0.3, 0.4) is 0 Å². The Labute approximate surface area is 127 Å². The van der Waals surface area contributed by atoms with Gasteiger partial charge in [0, 0.05) is 19.8 Å². The largest absolute Gasteiger partial charge is 0.368 e. The Bertz CT molecular complexity index is 787. The lowest BCUT2D eigenvalue weighted by Crippen LogP contribution is -2.39. The third-order valence-corrected chi connectivity index (χ3v) is 3.84. The van der Waals surface area contributed by atoms with Crippen LogP contribution >= 0.6 is 0 Å². The molecule has 0 bridgehead atoms. The van der Waals surface area contributed by atoms with Crippen LogP contribution in [0.4, 0.5) is 5.95 Å². The SMILES string of the molecule is Cn1cnc2nc(N3CCOC(c4ccccn4)C3)ncc21. The van der Waals surface area contributed by atoms with Crippen molar-refractivity contribution in [2.24, 2.45) is 7.05 Å². The van der Waals surface area contributed by atoms with Crippen molar-refractivity contribution in [3.63, 3.8) is 0 Å². The van der Waals surface area contributed by atoms with Crippen molar-refractivity contribution in [2.75, 3.05) is 24.6 Å². The first-order valence-corrected chi connectivity index (χ1v) is 7.23. The summed E-state index contributed by atoms with van der Waals surface area (Å²) in [6.45, 7) is 2.09. The molecule has 1 aliphatic heterocycles. The first kappa shape index (κ1) is 13.1. The van der Waals surface area contributed by atoms with Gasteiger partial charge in [0.05, 0.1) is 31.4 Å². The molecule has 0 radical (unpaired) electrons. The van der Waals surface area contributed by atoms with Crippen molar-refractivity contribution in [2.45, 2.75) is 6.10 Å². The van der Waals surface area contributed by atoms with E-state index in [4.69, 9.17) is 4.74 Å². The Morgan fingerprint density at radius 2 is 2.18 bits per heavy atom. The predicted octanol–water partition coefficient (Wildman–Crippen LogP) is 1.34. The highest BCUT2D eigenvalue weighted by Crippen LogP contribution is 2.23. The molecule has 0 amide bonds. The first-order chi connectivity index (χ1) is 10.8. The van der Waals surface area contributed by atoms with Gasteiger partial charge in [-0.2, -0.15) is 4.98 Å². The van der Waals surface area contributed by atoms with Crippen LogP contribution < -0.4 is 4.90 Å². The van der Waals surface area contributed by atoms with E-state index in [1.54, 1.807) is 12.5 Å². The Kier molecular flexibility index (Phi) is 3.19. The summed E-state index contributed by atoms with van der Waals surface area (Å²) in [6.07, 6.45) is 5.29. The van der Waals surface area contributed by atoms with Crippen LogP contribution in [0.1, 0.15) is 11.8 Å². The van der Waals surface area contributed by atoms with Gasteiger partial charge in [-0.25, -0.2) is 9.97 Å². The monoisotopic (exact) mass is 296 g/mol. The highest BCUT2D eigenvalue weighted by Gasteiger charge is 2.24. The fraction of sp³-hybridized carbons (Fsp3) is 0.333. The number of aromatic nitrogens is 5. The van der Waals surface area contributed by atoms with Gasteiger partial charge in [0.2, 0.25) is 5.95 Å². The highest BCUT2D eigenvalue weighted by molar-refractivity contribution is 5.70. The van der Waals surface area contributed by atoms with Crippen molar-refractivity contribution in [3.05, 3.63) is 42.6 Å². The number of nitrogens with zero attached hydrogens (tertiary/aromatic N) is 6. The molecule has 112 valence electrons. The molecule has 4 rings (SSSR count). The fourth-order valence-electron chi connectivity index (χ4n) is 2.63. The van der Waals surface area contributed by atoms with Gasteiger partial charge >= 0.3 is 0 Å². The second-order valence-electron chi connectivity index (χ2n) is 5.29. The number of ether oxygens (including phenoxy) is 1. The zero-order chi connectivity index (χ0) is 14.9. The minimum Gasteiger partial charge on any atom is -0.368 e. The fourth-order valence-corrected chi connectivity index (χ4v) is 2.63. The topological polar surface area (TPSA) is 69.0 Å². The molecule has 3 aromatic rings. The van der Waals surface area contributed by atoms with Crippen LogP contribution in [-0.2, 0) is 11.8 Å². The molecule has 22 heavy (non-hydrogen) atoms. The van der Waals surface area contributed by atoms with Crippen molar-refractivity contribution < 1.29 is 4.74 Å². The van der Waals surface area contributed by atoms with Gasteiger partial charge in [-0.3, -0.25) is 4.98 Å². The maximum atomic E-state index is 5.83. The molecule has 0 spiro atoms. The third-order valence-electron chi connectivity index (χ3n) is 3.84. The Morgan fingerprint density at radius 1 is 1.23 bits per heavy atom. The molecule has 0 aliphatic carbocycles. The van der Waals surface area contributed by atoms with E-state index in [9.17, 15) is 0 Å². The number of pyridine rings is 1. The summed E-state index contributed by atoms with van der Waals surface area (Å²) in [7, 11) is 1.93. The van der Waals surface area contributed by atoms with E-state index < -0.39 is 0 Å². The summed E-state index contributed by atoms with van der Waals surface area (Å²) in [5.41, 5.74) is 2.58. The van der Waals surface area contributed by atoms with E-state index in [2.05, 4.69) is 24.8 Å². The Hall–Kier alpha value is -2.54. The summed E-state index contributed by atoms with van der Waals surface area (Å²) in [6, 6.07) is 5.86. The molecular weight excluding hydrogens is 280 g/mol. The average molecular weight is 296 g/mol. The van der Waals surface area contributed by atoms with Crippen LogP contribution in [0.25, 0.3) is 11.2 Å².